The van der Waals surface area contributed by atoms with E-state index in [0.717, 1.165) is 19.6 Å². The van der Waals surface area contributed by atoms with Gasteiger partial charge in [0.05, 0.1) is 12.7 Å². The van der Waals surface area contributed by atoms with Gasteiger partial charge in [0.1, 0.15) is 0 Å². The Hall–Kier alpha value is -0.120. The SMILES string of the molecule is CN1CC[C@@H]2OC[C@H](CO)[C@@H]21. The molecule has 0 saturated carbocycles. The van der Waals surface area contributed by atoms with Crippen LogP contribution < -0.4 is 0 Å². The van der Waals surface area contributed by atoms with Crippen molar-refractivity contribution in [1.82, 2.24) is 4.90 Å². The van der Waals surface area contributed by atoms with E-state index in [1.165, 1.54) is 0 Å². The van der Waals surface area contributed by atoms with E-state index in [0.29, 0.717) is 18.1 Å². The highest BCUT2D eigenvalue weighted by molar-refractivity contribution is 4.95. The Morgan fingerprint density at radius 3 is 3.18 bits per heavy atom. The fraction of sp³-hybridized carbons (Fsp3) is 1.00. The van der Waals surface area contributed by atoms with Gasteiger partial charge < -0.3 is 14.7 Å². The molecule has 3 atom stereocenters. The third kappa shape index (κ3) is 1.08. The molecule has 0 aromatic carbocycles. The van der Waals surface area contributed by atoms with Crippen LogP contribution in [0.5, 0.6) is 0 Å². The first-order valence-electron chi connectivity index (χ1n) is 4.25. The van der Waals surface area contributed by atoms with Gasteiger partial charge in [0.15, 0.2) is 0 Å². The monoisotopic (exact) mass is 157 g/mol. The highest BCUT2D eigenvalue weighted by Crippen LogP contribution is 2.31. The van der Waals surface area contributed by atoms with Crippen LogP contribution in [0.3, 0.4) is 0 Å². The second-order valence-electron chi connectivity index (χ2n) is 3.57. The summed E-state index contributed by atoms with van der Waals surface area (Å²) in [6, 6.07) is 0.486. The molecular formula is C8H15NO2. The van der Waals surface area contributed by atoms with E-state index in [1.807, 2.05) is 0 Å². The highest BCUT2D eigenvalue weighted by atomic mass is 16.5. The normalized spacial score (nSPS) is 44.7. The molecule has 0 aliphatic carbocycles. The van der Waals surface area contributed by atoms with Crippen molar-refractivity contribution in [3.05, 3.63) is 0 Å². The van der Waals surface area contributed by atoms with E-state index < -0.39 is 0 Å². The molecule has 2 aliphatic heterocycles. The summed E-state index contributed by atoms with van der Waals surface area (Å²) in [4.78, 5) is 2.30. The fourth-order valence-corrected chi connectivity index (χ4v) is 2.29. The molecule has 2 fully saturated rings. The van der Waals surface area contributed by atoms with Crippen LogP contribution in [0.2, 0.25) is 0 Å². The van der Waals surface area contributed by atoms with Crippen LogP contribution in [-0.2, 0) is 4.74 Å². The Bertz CT molecular complexity index is 151. The number of aliphatic hydroxyl groups excluding tert-OH is 1. The largest absolute Gasteiger partial charge is 0.396 e. The van der Waals surface area contributed by atoms with Crippen molar-refractivity contribution < 1.29 is 9.84 Å². The second-order valence-corrected chi connectivity index (χ2v) is 3.57. The van der Waals surface area contributed by atoms with Gasteiger partial charge in [0, 0.05) is 25.1 Å². The molecule has 0 amide bonds. The van der Waals surface area contributed by atoms with Crippen LogP contribution >= 0.6 is 0 Å². The van der Waals surface area contributed by atoms with Crippen molar-refractivity contribution in [3.63, 3.8) is 0 Å². The fourth-order valence-electron chi connectivity index (χ4n) is 2.29. The van der Waals surface area contributed by atoms with Gasteiger partial charge in [-0.1, -0.05) is 0 Å². The Morgan fingerprint density at radius 2 is 2.45 bits per heavy atom. The number of nitrogens with zero attached hydrogens (tertiary/aromatic N) is 1. The molecule has 3 nitrogen and oxygen atoms in total. The molecule has 0 spiro atoms. The number of hydrogen-bond acceptors (Lipinski definition) is 3. The predicted molar refractivity (Wildman–Crippen MR) is 41.4 cm³/mol. The van der Waals surface area contributed by atoms with E-state index in [2.05, 4.69) is 11.9 Å². The van der Waals surface area contributed by atoms with Gasteiger partial charge >= 0.3 is 0 Å². The van der Waals surface area contributed by atoms with Crippen molar-refractivity contribution in [2.75, 3.05) is 26.8 Å². The first-order valence-corrected chi connectivity index (χ1v) is 4.25. The van der Waals surface area contributed by atoms with Crippen LogP contribution in [-0.4, -0.2) is 49.0 Å². The molecule has 0 unspecified atom stereocenters. The number of ether oxygens (including phenoxy) is 1. The summed E-state index contributed by atoms with van der Waals surface area (Å²) < 4.78 is 5.55. The lowest BCUT2D eigenvalue weighted by Gasteiger charge is -2.21. The Balaban J connectivity index is 2.07. The van der Waals surface area contributed by atoms with Gasteiger partial charge in [0.2, 0.25) is 0 Å². The molecular weight excluding hydrogens is 142 g/mol. The van der Waals surface area contributed by atoms with Crippen LogP contribution in [0.25, 0.3) is 0 Å². The Labute approximate surface area is 66.9 Å². The summed E-state index contributed by atoms with van der Waals surface area (Å²) in [6.07, 6.45) is 1.54. The summed E-state index contributed by atoms with van der Waals surface area (Å²) in [7, 11) is 2.11. The zero-order valence-corrected chi connectivity index (χ0v) is 6.86. The molecule has 0 aromatic heterocycles. The van der Waals surface area contributed by atoms with Crippen LogP contribution in [0.1, 0.15) is 6.42 Å². The number of likely N-dealkylation sites (N-methyl/N-ethyl adjacent to an activating group) is 1. The average molecular weight is 157 g/mol. The summed E-state index contributed by atoms with van der Waals surface area (Å²) in [5, 5.41) is 9.02. The van der Waals surface area contributed by atoms with E-state index in [1.54, 1.807) is 0 Å². The van der Waals surface area contributed by atoms with Crippen LogP contribution in [0.15, 0.2) is 0 Å². The van der Waals surface area contributed by atoms with Crippen molar-refractivity contribution in [1.29, 1.82) is 0 Å². The lowest BCUT2D eigenvalue weighted by atomic mass is 10.0. The van der Waals surface area contributed by atoms with E-state index >= 15 is 0 Å². The van der Waals surface area contributed by atoms with Crippen molar-refractivity contribution in [3.8, 4) is 0 Å². The number of aliphatic hydroxyl groups is 1. The maximum Gasteiger partial charge on any atom is 0.0746 e. The molecule has 2 saturated heterocycles. The van der Waals surface area contributed by atoms with Gasteiger partial charge in [-0.3, -0.25) is 0 Å². The molecule has 0 radical (unpaired) electrons. The molecule has 2 rings (SSSR count). The average Bonchev–Trinajstić information content (AvgIpc) is 2.54. The van der Waals surface area contributed by atoms with Crippen molar-refractivity contribution in [2.24, 2.45) is 5.92 Å². The number of fused-ring (bicyclic) bond motifs is 1. The minimum absolute atomic E-state index is 0.269. The first kappa shape index (κ1) is 7.53. The lowest BCUT2D eigenvalue weighted by molar-refractivity contribution is 0.102. The van der Waals surface area contributed by atoms with Gasteiger partial charge in [-0.15, -0.1) is 0 Å². The highest BCUT2D eigenvalue weighted by Gasteiger charge is 2.43. The first-order chi connectivity index (χ1) is 5.33. The maximum atomic E-state index is 9.02. The topological polar surface area (TPSA) is 32.7 Å². The molecule has 2 heterocycles. The van der Waals surface area contributed by atoms with Crippen LogP contribution in [0.4, 0.5) is 0 Å². The zero-order chi connectivity index (χ0) is 7.84. The summed E-state index contributed by atoms with van der Waals surface area (Å²) in [6.45, 7) is 2.13. The van der Waals surface area contributed by atoms with Gasteiger partial charge in [-0.2, -0.15) is 0 Å². The number of likely N-dealkylation sites (tertiary alicyclic amines) is 1. The molecule has 1 N–H and O–H groups in total. The Morgan fingerprint density at radius 1 is 1.64 bits per heavy atom. The minimum atomic E-state index is 0.269. The number of hydrogen-bond donors (Lipinski definition) is 1. The van der Waals surface area contributed by atoms with Crippen LogP contribution in [0, 0.1) is 5.92 Å². The van der Waals surface area contributed by atoms with Crippen molar-refractivity contribution >= 4 is 0 Å². The predicted octanol–water partition coefficient (Wildman–Crippen LogP) is -0.302. The molecule has 64 valence electrons. The third-order valence-corrected chi connectivity index (χ3v) is 2.90. The maximum absolute atomic E-state index is 9.02. The standard InChI is InChI=1S/C8H15NO2/c1-9-3-2-7-8(9)6(4-10)5-11-7/h6-8,10H,2-5H2,1H3/t6-,7-,8-/m0/s1. The van der Waals surface area contributed by atoms with E-state index in [4.69, 9.17) is 9.84 Å². The zero-order valence-electron chi connectivity index (χ0n) is 6.86. The Kier molecular flexibility index (Phi) is 1.87. The lowest BCUT2D eigenvalue weighted by Crippen LogP contribution is -2.36. The molecule has 0 aromatic rings. The quantitative estimate of drug-likeness (QED) is 0.567. The summed E-state index contributed by atoms with van der Waals surface area (Å²) >= 11 is 0. The third-order valence-electron chi connectivity index (χ3n) is 2.90. The van der Waals surface area contributed by atoms with Gasteiger partial charge in [0.25, 0.3) is 0 Å². The molecule has 11 heavy (non-hydrogen) atoms. The van der Waals surface area contributed by atoms with Crippen molar-refractivity contribution in [2.45, 2.75) is 18.6 Å². The molecule has 0 bridgehead atoms. The summed E-state index contributed by atoms with van der Waals surface area (Å²) in [5.74, 6) is 0.354. The number of rotatable bonds is 1. The van der Waals surface area contributed by atoms with E-state index in [-0.39, 0.29) is 6.61 Å². The van der Waals surface area contributed by atoms with Gasteiger partial charge in [-0.05, 0) is 13.5 Å². The minimum Gasteiger partial charge on any atom is -0.396 e. The second kappa shape index (κ2) is 2.73. The summed E-state index contributed by atoms with van der Waals surface area (Å²) in [5.41, 5.74) is 0. The molecule has 3 heteroatoms. The molecule has 2 aliphatic rings. The van der Waals surface area contributed by atoms with E-state index in [9.17, 15) is 0 Å². The van der Waals surface area contributed by atoms with Gasteiger partial charge in [-0.25, -0.2) is 0 Å². The smallest absolute Gasteiger partial charge is 0.0746 e.